The van der Waals surface area contributed by atoms with Gasteiger partial charge in [0.1, 0.15) is 0 Å². The molecule has 6 heteroatoms. The molecule has 4 rings (SSSR count). The molecule has 142 valence electrons. The molecule has 2 aromatic rings. The maximum absolute atomic E-state index is 6.04. The van der Waals surface area contributed by atoms with Crippen molar-refractivity contribution >= 4 is 11.3 Å². The molecule has 1 aliphatic heterocycles. The van der Waals surface area contributed by atoms with Gasteiger partial charge in [-0.05, 0) is 70.5 Å². The van der Waals surface area contributed by atoms with Crippen LogP contribution in [0.4, 0.5) is 0 Å². The van der Waals surface area contributed by atoms with Gasteiger partial charge in [0, 0.05) is 17.5 Å². The Morgan fingerprint density at radius 3 is 2.88 bits per heavy atom. The molecule has 1 fully saturated rings. The van der Waals surface area contributed by atoms with Crippen LogP contribution in [-0.4, -0.2) is 39.9 Å². The van der Waals surface area contributed by atoms with Crippen molar-refractivity contribution in [3.8, 4) is 10.8 Å². The summed E-state index contributed by atoms with van der Waals surface area (Å²) in [6.45, 7) is 9.07. The van der Waals surface area contributed by atoms with Crippen LogP contribution in [0.2, 0.25) is 0 Å². The molecule has 1 atom stereocenters. The second-order valence-electron chi connectivity index (χ2n) is 8.08. The molecule has 5 nitrogen and oxygen atoms in total. The van der Waals surface area contributed by atoms with Crippen LogP contribution in [0.1, 0.15) is 62.8 Å². The van der Waals surface area contributed by atoms with Crippen LogP contribution in [0.15, 0.2) is 10.5 Å². The highest BCUT2D eigenvalue weighted by Crippen LogP contribution is 2.35. The van der Waals surface area contributed by atoms with Gasteiger partial charge in [0.15, 0.2) is 0 Å². The van der Waals surface area contributed by atoms with Crippen LogP contribution in [0, 0.1) is 0 Å². The fraction of sp³-hybridized carbons (Fsp3) is 0.700. The Morgan fingerprint density at radius 2 is 2.12 bits per heavy atom. The lowest BCUT2D eigenvalue weighted by molar-refractivity contribution is -0.0846. The van der Waals surface area contributed by atoms with Gasteiger partial charge < -0.3 is 9.15 Å². The van der Waals surface area contributed by atoms with Gasteiger partial charge in [-0.25, -0.2) is 0 Å². The summed E-state index contributed by atoms with van der Waals surface area (Å²) in [5.41, 5.74) is 1.43. The van der Waals surface area contributed by atoms with Gasteiger partial charge in [0.25, 0.3) is 5.89 Å². The van der Waals surface area contributed by atoms with Crippen LogP contribution in [0.3, 0.4) is 0 Å². The predicted octanol–water partition coefficient (Wildman–Crippen LogP) is 4.46. The zero-order chi connectivity index (χ0) is 18.1. The van der Waals surface area contributed by atoms with E-state index in [1.54, 1.807) is 0 Å². The maximum atomic E-state index is 6.04. The van der Waals surface area contributed by atoms with Crippen molar-refractivity contribution in [3.05, 3.63) is 22.4 Å². The minimum atomic E-state index is -0.0492. The van der Waals surface area contributed by atoms with E-state index in [-0.39, 0.29) is 5.60 Å². The summed E-state index contributed by atoms with van der Waals surface area (Å²) < 4.78 is 11.9. The van der Waals surface area contributed by atoms with Gasteiger partial charge in [-0.15, -0.1) is 21.5 Å². The quantitative estimate of drug-likeness (QED) is 0.772. The number of fused-ring (bicyclic) bond motifs is 1. The third kappa shape index (κ3) is 3.87. The smallest absolute Gasteiger partial charge is 0.257 e. The molecule has 26 heavy (non-hydrogen) atoms. The van der Waals surface area contributed by atoms with E-state index >= 15 is 0 Å². The standard InChI is InChI=1S/C20H29N3O2S/c1-4-23(15-9-10-24-20(2,3)12-15)13-18-21-22-19(25-18)17-11-14-7-5-6-8-16(14)26-17/h11,15H,4-10,12-13H2,1-3H3. The van der Waals surface area contributed by atoms with Gasteiger partial charge in [-0.2, -0.15) is 0 Å². The van der Waals surface area contributed by atoms with Crippen LogP contribution >= 0.6 is 11.3 Å². The molecule has 1 unspecified atom stereocenters. The van der Waals surface area contributed by atoms with Gasteiger partial charge in [0.05, 0.1) is 17.0 Å². The Labute approximate surface area is 159 Å². The van der Waals surface area contributed by atoms with Gasteiger partial charge in [-0.3, -0.25) is 4.90 Å². The highest BCUT2D eigenvalue weighted by atomic mass is 32.1. The fourth-order valence-corrected chi connectivity index (χ4v) is 5.37. The summed E-state index contributed by atoms with van der Waals surface area (Å²) in [4.78, 5) is 5.08. The highest BCUT2D eigenvalue weighted by molar-refractivity contribution is 7.15. The van der Waals surface area contributed by atoms with E-state index in [1.165, 1.54) is 36.1 Å². The molecule has 0 saturated carbocycles. The number of rotatable bonds is 5. The lowest BCUT2D eigenvalue weighted by Crippen LogP contribution is -2.45. The molecule has 1 aliphatic carbocycles. The van der Waals surface area contributed by atoms with Gasteiger partial charge >= 0.3 is 0 Å². The number of nitrogens with zero attached hydrogens (tertiary/aromatic N) is 3. The molecule has 0 spiro atoms. The van der Waals surface area contributed by atoms with E-state index in [4.69, 9.17) is 9.15 Å². The predicted molar refractivity (Wildman–Crippen MR) is 103 cm³/mol. The Kier molecular flexibility index (Phi) is 5.17. The van der Waals surface area contributed by atoms with E-state index in [9.17, 15) is 0 Å². The summed E-state index contributed by atoms with van der Waals surface area (Å²) in [7, 11) is 0. The minimum Gasteiger partial charge on any atom is -0.419 e. The van der Waals surface area contributed by atoms with E-state index in [1.807, 2.05) is 11.3 Å². The first-order valence-electron chi connectivity index (χ1n) is 9.86. The third-order valence-corrected chi connectivity index (χ3v) is 6.83. The van der Waals surface area contributed by atoms with E-state index in [2.05, 4.69) is 41.9 Å². The molecular weight excluding hydrogens is 346 g/mol. The third-order valence-electron chi connectivity index (χ3n) is 5.61. The maximum Gasteiger partial charge on any atom is 0.257 e. The van der Waals surface area contributed by atoms with Crippen molar-refractivity contribution < 1.29 is 9.15 Å². The van der Waals surface area contributed by atoms with E-state index < -0.39 is 0 Å². The first kappa shape index (κ1) is 18.1. The summed E-state index contributed by atoms with van der Waals surface area (Å²) in [5, 5.41) is 8.67. The van der Waals surface area contributed by atoms with Crippen molar-refractivity contribution in [1.82, 2.24) is 15.1 Å². The fourth-order valence-electron chi connectivity index (χ4n) is 4.20. The summed E-state index contributed by atoms with van der Waals surface area (Å²) >= 11 is 1.83. The second kappa shape index (κ2) is 7.41. The Morgan fingerprint density at radius 1 is 1.27 bits per heavy atom. The minimum absolute atomic E-state index is 0.0492. The lowest BCUT2D eigenvalue weighted by Gasteiger charge is -2.40. The normalized spacial score (nSPS) is 22.5. The molecule has 0 N–H and O–H groups in total. The van der Waals surface area contributed by atoms with Crippen molar-refractivity contribution in [2.75, 3.05) is 13.2 Å². The Balaban J connectivity index is 1.46. The number of aromatic nitrogens is 2. The van der Waals surface area contributed by atoms with Crippen LogP contribution in [0.25, 0.3) is 10.8 Å². The first-order valence-corrected chi connectivity index (χ1v) is 10.7. The largest absolute Gasteiger partial charge is 0.419 e. The average Bonchev–Trinajstić information content (AvgIpc) is 3.25. The van der Waals surface area contributed by atoms with Crippen molar-refractivity contribution in [2.45, 2.75) is 77.5 Å². The number of thiophene rings is 1. The van der Waals surface area contributed by atoms with Crippen molar-refractivity contribution in [1.29, 1.82) is 0 Å². The first-order chi connectivity index (χ1) is 12.5. The SMILES string of the molecule is CCN(Cc1nnc(-c2cc3c(s2)CCCC3)o1)C1CCOC(C)(C)C1. The van der Waals surface area contributed by atoms with Crippen LogP contribution in [-0.2, 0) is 24.1 Å². The Hall–Kier alpha value is -1.24. The molecule has 0 amide bonds. The molecule has 3 heterocycles. The van der Waals surface area contributed by atoms with Gasteiger partial charge in [0.2, 0.25) is 5.89 Å². The zero-order valence-corrected chi connectivity index (χ0v) is 16.9. The number of hydrogen-bond donors (Lipinski definition) is 0. The molecule has 2 aliphatic rings. The van der Waals surface area contributed by atoms with Crippen molar-refractivity contribution in [3.63, 3.8) is 0 Å². The van der Waals surface area contributed by atoms with Gasteiger partial charge in [-0.1, -0.05) is 6.92 Å². The molecule has 0 aromatic carbocycles. The van der Waals surface area contributed by atoms with Crippen LogP contribution < -0.4 is 0 Å². The highest BCUT2D eigenvalue weighted by Gasteiger charge is 2.32. The number of hydrogen-bond acceptors (Lipinski definition) is 6. The topological polar surface area (TPSA) is 51.4 Å². The summed E-state index contributed by atoms with van der Waals surface area (Å²) in [5.74, 6) is 1.40. The molecule has 1 saturated heterocycles. The van der Waals surface area contributed by atoms with E-state index in [0.29, 0.717) is 11.9 Å². The molecule has 0 radical (unpaired) electrons. The lowest BCUT2D eigenvalue weighted by atomic mass is 9.93. The van der Waals surface area contributed by atoms with E-state index in [0.717, 1.165) is 43.3 Å². The zero-order valence-electron chi connectivity index (χ0n) is 16.1. The summed E-state index contributed by atoms with van der Waals surface area (Å²) in [6.07, 6.45) is 7.09. The molecular formula is C20H29N3O2S. The van der Waals surface area contributed by atoms with Crippen molar-refractivity contribution in [2.24, 2.45) is 0 Å². The van der Waals surface area contributed by atoms with Crippen LogP contribution in [0.5, 0.6) is 0 Å². The second-order valence-corrected chi connectivity index (χ2v) is 9.22. The average molecular weight is 376 g/mol. The number of aryl methyl sites for hydroxylation is 2. The monoisotopic (exact) mass is 375 g/mol. The number of ether oxygens (including phenoxy) is 1. The Bertz CT molecular complexity index is 729. The summed E-state index contributed by atoms with van der Waals surface area (Å²) in [6, 6.07) is 2.77. The molecule has 0 bridgehead atoms. The molecule has 2 aromatic heterocycles.